The summed E-state index contributed by atoms with van der Waals surface area (Å²) >= 11 is 0. The smallest absolute Gasteiger partial charge is 0.340 e. The van der Waals surface area contributed by atoms with Crippen LogP contribution in [0.1, 0.15) is 50.4 Å². The van der Waals surface area contributed by atoms with E-state index in [-0.39, 0.29) is 5.97 Å². The Morgan fingerprint density at radius 1 is 1.33 bits per heavy atom. The molecule has 1 aromatic rings. The van der Waals surface area contributed by atoms with E-state index >= 15 is 0 Å². The predicted octanol–water partition coefficient (Wildman–Crippen LogP) is 3.46. The summed E-state index contributed by atoms with van der Waals surface area (Å²) in [4.78, 5) is 14.4. The molecule has 0 bridgehead atoms. The van der Waals surface area contributed by atoms with E-state index in [0.29, 0.717) is 23.3 Å². The lowest BCUT2D eigenvalue weighted by atomic mass is 9.78. The second-order valence-electron chi connectivity index (χ2n) is 6.15. The van der Waals surface area contributed by atoms with Crippen LogP contribution in [0.3, 0.4) is 0 Å². The maximum atomic E-state index is 12.1. The molecule has 2 rings (SSSR count). The van der Waals surface area contributed by atoms with Crippen LogP contribution in [0.5, 0.6) is 0 Å². The van der Waals surface area contributed by atoms with Crippen LogP contribution in [0, 0.1) is 5.41 Å². The number of hydrogen-bond donors (Lipinski definition) is 1. The van der Waals surface area contributed by atoms with Gasteiger partial charge in [0, 0.05) is 18.8 Å². The first-order valence-electron chi connectivity index (χ1n) is 7.80. The number of nitrogen functional groups attached to an aromatic ring is 1. The molecule has 1 saturated heterocycles. The molecule has 0 aliphatic carbocycles. The summed E-state index contributed by atoms with van der Waals surface area (Å²) in [6, 6.07) is 5.52. The highest BCUT2D eigenvalue weighted by Gasteiger charge is 2.30. The van der Waals surface area contributed by atoms with Crippen molar-refractivity contribution < 1.29 is 9.53 Å². The average molecular weight is 290 g/mol. The van der Waals surface area contributed by atoms with Crippen molar-refractivity contribution in [1.29, 1.82) is 0 Å². The van der Waals surface area contributed by atoms with Crippen LogP contribution in [0.2, 0.25) is 0 Å². The zero-order valence-electron chi connectivity index (χ0n) is 13.3. The summed E-state index contributed by atoms with van der Waals surface area (Å²) in [5.41, 5.74) is 8.37. The fourth-order valence-corrected chi connectivity index (χ4v) is 2.84. The molecule has 1 fully saturated rings. The summed E-state index contributed by atoms with van der Waals surface area (Å²) in [7, 11) is 0. The van der Waals surface area contributed by atoms with Gasteiger partial charge in [-0.3, -0.25) is 0 Å². The minimum atomic E-state index is -0.288. The largest absolute Gasteiger partial charge is 0.462 e. The number of esters is 1. The van der Waals surface area contributed by atoms with E-state index in [2.05, 4.69) is 18.7 Å². The Hall–Kier alpha value is -1.71. The Bertz CT molecular complexity index is 506. The number of hydrogen-bond acceptors (Lipinski definition) is 4. The van der Waals surface area contributed by atoms with E-state index in [1.807, 2.05) is 19.1 Å². The molecule has 2 N–H and O–H groups in total. The van der Waals surface area contributed by atoms with Gasteiger partial charge in [-0.15, -0.1) is 0 Å². The topological polar surface area (TPSA) is 55.6 Å². The Balaban J connectivity index is 2.22. The molecule has 116 valence electrons. The van der Waals surface area contributed by atoms with E-state index in [0.717, 1.165) is 31.6 Å². The van der Waals surface area contributed by atoms with Gasteiger partial charge in [0.2, 0.25) is 0 Å². The van der Waals surface area contributed by atoms with Crippen LogP contribution < -0.4 is 10.6 Å². The van der Waals surface area contributed by atoms with Crippen molar-refractivity contribution in [3.63, 3.8) is 0 Å². The zero-order chi connectivity index (χ0) is 15.5. The molecule has 1 aromatic carbocycles. The van der Waals surface area contributed by atoms with Crippen LogP contribution >= 0.6 is 0 Å². The van der Waals surface area contributed by atoms with E-state index < -0.39 is 0 Å². The molecule has 4 heteroatoms. The maximum absolute atomic E-state index is 12.1. The van der Waals surface area contributed by atoms with Crippen molar-refractivity contribution in [3.05, 3.63) is 23.8 Å². The quantitative estimate of drug-likeness (QED) is 0.681. The summed E-state index contributed by atoms with van der Waals surface area (Å²) < 4.78 is 5.16. The molecule has 1 aliphatic heterocycles. The first-order valence-corrected chi connectivity index (χ1v) is 7.80. The molecule has 0 aromatic heterocycles. The molecule has 0 saturated carbocycles. The van der Waals surface area contributed by atoms with Crippen molar-refractivity contribution in [3.8, 4) is 0 Å². The van der Waals surface area contributed by atoms with Gasteiger partial charge in [-0.1, -0.05) is 20.3 Å². The normalized spacial score (nSPS) is 17.6. The van der Waals surface area contributed by atoms with E-state index in [1.165, 1.54) is 6.42 Å². The number of carbonyl (C=O) groups excluding carboxylic acids is 1. The summed E-state index contributed by atoms with van der Waals surface area (Å²) in [5.74, 6) is -0.288. The zero-order valence-corrected chi connectivity index (χ0v) is 13.3. The van der Waals surface area contributed by atoms with Gasteiger partial charge >= 0.3 is 5.97 Å². The standard InChI is InChI=1S/C17H26N2O2/c1-4-17(3)8-10-19(11-9-17)15-7-6-13(18)12-14(15)16(20)21-5-2/h6-7,12H,4-5,8-11,18H2,1-3H3. The number of rotatable bonds is 4. The first kappa shape index (κ1) is 15.7. The Kier molecular flexibility index (Phi) is 4.76. The molecule has 0 atom stereocenters. The minimum Gasteiger partial charge on any atom is -0.462 e. The summed E-state index contributed by atoms with van der Waals surface area (Å²) in [5, 5.41) is 0. The van der Waals surface area contributed by atoms with Crippen molar-refractivity contribution >= 4 is 17.3 Å². The Morgan fingerprint density at radius 3 is 2.57 bits per heavy atom. The lowest BCUT2D eigenvalue weighted by Gasteiger charge is -2.40. The van der Waals surface area contributed by atoms with Gasteiger partial charge in [-0.25, -0.2) is 4.79 Å². The molecular formula is C17H26N2O2. The van der Waals surface area contributed by atoms with Gasteiger partial charge in [0.1, 0.15) is 0 Å². The minimum absolute atomic E-state index is 0.288. The molecule has 0 radical (unpaired) electrons. The van der Waals surface area contributed by atoms with Crippen LogP contribution in [-0.4, -0.2) is 25.7 Å². The Morgan fingerprint density at radius 2 is 2.00 bits per heavy atom. The predicted molar refractivity (Wildman–Crippen MR) is 86.7 cm³/mol. The van der Waals surface area contributed by atoms with Gasteiger partial charge in [0.05, 0.1) is 17.9 Å². The SMILES string of the molecule is CCOC(=O)c1cc(N)ccc1N1CCC(C)(CC)CC1. The highest BCUT2D eigenvalue weighted by molar-refractivity contribution is 5.97. The highest BCUT2D eigenvalue weighted by atomic mass is 16.5. The van der Waals surface area contributed by atoms with E-state index in [1.54, 1.807) is 6.07 Å². The van der Waals surface area contributed by atoms with Crippen molar-refractivity contribution in [2.24, 2.45) is 5.41 Å². The molecule has 0 spiro atoms. The third-order valence-electron chi connectivity index (χ3n) is 4.68. The molecule has 21 heavy (non-hydrogen) atoms. The second kappa shape index (κ2) is 6.37. The van der Waals surface area contributed by atoms with Gasteiger partial charge in [0.25, 0.3) is 0 Å². The van der Waals surface area contributed by atoms with Crippen molar-refractivity contribution in [2.75, 3.05) is 30.3 Å². The van der Waals surface area contributed by atoms with Crippen molar-refractivity contribution in [1.82, 2.24) is 0 Å². The number of anilines is 2. The number of carbonyl (C=O) groups is 1. The monoisotopic (exact) mass is 290 g/mol. The van der Waals surface area contributed by atoms with Crippen LogP contribution in [0.25, 0.3) is 0 Å². The number of ether oxygens (including phenoxy) is 1. The van der Waals surface area contributed by atoms with Gasteiger partial charge < -0.3 is 15.4 Å². The van der Waals surface area contributed by atoms with Gasteiger partial charge in [0.15, 0.2) is 0 Å². The van der Waals surface area contributed by atoms with Crippen molar-refractivity contribution in [2.45, 2.75) is 40.0 Å². The van der Waals surface area contributed by atoms with E-state index in [9.17, 15) is 4.79 Å². The molecule has 0 amide bonds. The molecule has 1 aliphatic rings. The number of nitrogens with zero attached hydrogens (tertiary/aromatic N) is 1. The second-order valence-corrected chi connectivity index (χ2v) is 6.15. The number of piperidine rings is 1. The van der Waals surface area contributed by atoms with Gasteiger partial charge in [-0.2, -0.15) is 0 Å². The molecule has 4 nitrogen and oxygen atoms in total. The molecular weight excluding hydrogens is 264 g/mol. The maximum Gasteiger partial charge on any atom is 0.340 e. The average Bonchev–Trinajstić information content (AvgIpc) is 2.48. The fraction of sp³-hybridized carbons (Fsp3) is 0.588. The summed E-state index contributed by atoms with van der Waals surface area (Å²) in [6.07, 6.45) is 3.50. The fourth-order valence-electron chi connectivity index (χ4n) is 2.84. The Labute approximate surface area is 127 Å². The van der Waals surface area contributed by atoms with E-state index in [4.69, 9.17) is 10.5 Å². The first-order chi connectivity index (χ1) is 9.99. The number of benzene rings is 1. The molecule has 1 heterocycles. The molecule has 0 unspecified atom stereocenters. The third kappa shape index (κ3) is 3.49. The third-order valence-corrected chi connectivity index (χ3v) is 4.68. The highest BCUT2D eigenvalue weighted by Crippen LogP contribution is 2.36. The van der Waals surface area contributed by atoms with Crippen LogP contribution in [0.4, 0.5) is 11.4 Å². The van der Waals surface area contributed by atoms with Crippen LogP contribution in [-0.2, 0) is 4.74 Å². The lowest BCUT2D eigenvalue weighted by Crippen LogP contribution is -2.39. The lowest BCUT2D eigenvalue weighted by molar-refractivity contribution is 0.0527. The summed E-state index contributed by atoms with van der Waals surface area (Å²) in [6.45, 7) is 8.74. The van der Waals surface area contributed by atoms with Gasteiger partial charge in [-0.05, 0) is 43.4 Å². The van der Waals surface area contributed by atoms with Crippen LogP contribution in [0.15, 0.2) is 18.2 Å². The number of nitrogens with two attached hydrogens (primary N) is 1.